The molecule has 0 radical (unpaired) electrons. The van der Waals surface area contributed by atoms with Gasteiger partial charge in [0.15, 0.2) is 0 Å². The van der Waals surface area contributed by atoms with E-state index in [1.165, 1.54) is 9.80 Å². The number of phenolic OH excluding ortho intramolecular Hbond substituents is 1. The summed E-state index contributed by atoms with van der Waals surface area (Å²) in [6, 6.07) is 27.4. The molecule has 2 heterocycles. The van der Waals surface area contributed by atoms with E-state index in [4.69, 9.17) is 23.2 Å². The minimum atomic E-state index is -1.48. The molecule has 240 valence electrons. The highest BCUT2D eigenvalue weighted by molar-refractivity contribution is 9.10. The van der Waals surface area contributed by atoms with Crippen LogP contribution in [0.5, 0.6) is 5.75 Å². The number of nitrogens with zero attached hydrogens (tertiary/aromatic N) is 2. The van der Waals surface area contributed by atoms with Gasteiger partial charge in [-0.3, -0.25) is 24.1 Å². The molecule has 0 spiro atoms. The summed E-state index contributed by atoms with van der Waals surface area (Å²) in [6.45, 7) is 0. The van der Waals surface area contributed by atoms with Crippen LogP contribution in [-0.4, -0.2) is 28.7 Å². The molecule has 4 aromatic rings. The average Bonchev–Trinajstić information content (AvgIpc) is 3.47. The monoisotopic (exact) mass is 740 g/mol. The first-order chi connectivity index (χ1) is 23.1. The van der Waals surface area contributed by atoms with Crippen molar-refractivity contribution in [2.75, 3.05) is 9.80 Å². The number of rotatable bonds is 4. The Bertz CT molecular complexity index is 2070. The summed E-state index contributed by atoms with van der Waals surface area (Å²) in [7, 11) is 0. The van der Waals surface area contributed by atoms with Gasteiger partial charge in [0, 0.05) is 26.0 Å². The normalized spacial score (nSPS) is 27.9. The molecule has 3 fully saturated rings. The van der Waals surface area contributed by atoms with E-state index in [9.17, 15) is 19.5 Å². The summed E-state index contributed by atoms with van der Waals surface area (Å²) in [4.78, 5) is 60.8. The number of amides is 4. The smallest absolute Gasteiger partial charge is 0.246 e. The standard InChI is InChI=1S/C38H27BrCl2N2O5/c39-21-9-16-31(44)29(17-21)33-26-14-15-27-32(36(47)42(34(27)45)24-12-10-22(40)11-13-24)28(26)19-30-35(46)43(25-8-4-7-23(41)18-25)37(48)38(30,33)20-5-2-1-3-6-20/h1-14,16-18,27-28,30,32-33,44H,15,19H2. The van der Waals surface area contributed by atoms with Crippen LogP contribution in [0.25, 0.3) is 0 Å². The molecule has 6 atom stereocenters. The largest absolute Gasteiger partial charge is 0.508 e. The lowest BCUT2D eigenvalue weighted by molar-refractivity contribution is -0.127. The minimum Gasteiger partial charge on any atom is -0.508 e. The maximum atomic E-state index is 15.2. The zero-order valence-corrected chi connectivity index (χ0v) is 28.3. The summed E-state index contributed by atoms with van der Waals surface area (Å²) in [5, 5.41) is 12.4. The highest BCUT2D eigenvalue weighted by Gasteiger charge is 2.70. The zero-order valence-electron chi connectivity index (χ0n) is 25.2. The van der Waals surface area contributed by atoms with Crippen LogP contribution < -0.4 is 9.80 Å². The Hall–Kier alpha value is -4.24. The molecular weight excluding hydrogens is 715 g/mol. The van der Waals surface area contributed by atoms with Crippen LogP contribution in [0.15, 0.2) is 113 Å². The van der Waals surface area contributed by atoms with Crippen molar-refractivity contribution in [1.82, 2.24) is 0 Å². The zero-order chi connectivity index (χ0) is 33.5. The van der Waals surface area contributed by atoms with E-state index in [1.807, 2.05) is 36.4 Å². The van der Waals surface area contributed by atoms with E-state index in [0.29, 0.717) is 37.0 Å². The van der Waals surface area contributed by atoms with Crippen molar-refractivity contribution in [2.45, 2.75) is 24.2 Å². The van der Waals surface area contributed by atoms with Gasteiger partial charge >= 0.3 is 0 Å². The van der Waals surface area contributed by atoms with Gasteiger partial charge in [0.05, 0.1) is 34.5 Å². The van der Waals surface area contributed by atoms with Crippen LogP contribution in [0.1, 0.15) is 29.9 Å². The number of aromatic hydroxyl groups is 1. The third-order valence-corrected chi connectivity index (χ3v) is 11.5. The molecule has 0 bridgehead atoms. The van der Waals surface area contributed by atoms with Gasteiger partial charge in [-0.05, 0) is 85.0 Å². The fourth-order valence-electron chi connectivity index (χ4n) is 8.69. The Morgan fingerprint density at radius 3 is 2.21 bits per heavy atom. The second-order valence-electron chi connectivity index (χ2n) is 12.8. The Kier molecular flexibility index (Phi) is 7.40. The van der Waals surface area contributed by atoms with E-state index in [2.05, 4.69) is 15.9 Å². The lowest BCUT2D eigenvalue weighted by atomic mass is 9.49. The van der Waals surface area contributed by atoms with Gasteiger partial charge in [0.2, 0.25) is 23.6 Å². The fourth-order valence-corrected chi connectivity index (χ4v) is 9.38. The molecule has 4 aliphatic rings. The summed E-state index contributed by atoms with van der Waals surface area (Å²) in [5.41, 5.74) is 1.14. The molecule has 1 saturated carbocycles. The van der Waals surface area contributed by atoms with Crippen molar-refractivity contribution in [3.8, 4) is 5.75 Å². The Morgan fingerprint density at radius 1 is 0.729 bits per heavy atom. The first-order valence-corrected chi connectivity index (χ1v) is 17.2. The number of carbonyl (C=O) groups is 4. The lowest BCUT2D eigenvalue weighted by Crippen LogP contribution is -2.53. The fraction of sp³-hybridized carbons (Fsp3) is 0.211. The molecule has 0 aromatic heterocycles. The number of halogens is 3. The number of benzene rings is 4. The molecule has 7 nitrogen and oxygen atoms in total. The van der Waals surface area contributed by atoms with Crippen molar-refractivity contribution in [3.63, 3.8) is 0 Å². The number of allylic oxidation sites excluding steroid dienone is 2. The predicted molar refractivity (Wildman–Crippen MR) is 186 cm³/mol. The van der Waals surface area contributed by atoms with Crippen LogP contribution in [0.4, 0.5) is 11.4 Å². The number of hydrogen-bond donors (Lipinski definition) is 1. The molecule has 8 rings (SSSR count). The summed E-state index contributed by atoms with van der Waals surface area (Å²) < 4.78 is 0.677. The summed E-state index contributed by atoms with van der Waals surface area (Å²) in [5.74, 6) is -5.28. The second kappa shape index (κ2) is 11.4. The van der Waals surface area contributed by atoms with Gasteiger partial charge in [-0.1, -0.05) is 87.2 Å². The molecule has 6 unspecified atom stereocenters. The van der Waals surface area contributed by atoms with E-state index in [0.717, 1.165) is 5.57 Å². The number of anilines is 2. The third-order valence-electron chi connectivity index (χ3n) is 10.6. The highest BCUT2D eigenvalue weighted by atomic mass is 79.9. The SMILES string of the molecule is O=C1C2CC=C3C(CC4C(=O)N(c5cccc(Cl)c5)C(=O)C4(c4ccccc4)C3c3cc(Br)ccc3O)C2C(=O)N1c1ccc(Cl)cc1. The van der Waals surface area contributed by atoms with Crippen LogP contribution in [0.3, 0.4) is 0 Å². The summed E-state index contributed by atoms with van der Waals surface area (Å²) in [6.07, 6.45) is 2.39. The minimum absolute atomic E-state index is 0.0426. The Labute approximate surface area is 294 Å². The van der Waals surface area contributed by atoms with Gasteiger partial charge < -0.3 is 5.11 Å². The first-order valence-electron chi connectivity index (χ1n) is 15.6. The maximum absolute atomic E-state index is 15.2. The highest BCUT2D eigenvalue weighted by Crippen LogP contribution is 2.65. The lowest BCUT2D eigenvalue weighted by Gasteiger charge is -2.50. The van der Waals surface area contributed by atoms with Crippen LogP contribution in [-0.2, 0) is 24.6 Å². The maximum Gasteiger partial charge on any atom is 0.246 e. The van der Waals surface area contributed by atoms with Crippen LogP contribution in [0.2, 0.25) is 10.0 Å². The van der Waals surface area contributed by atoms with Crippen LogP contribution >= 0.6 is 39.1 Å². The van der Waals surface area contributed by atoms with Crippen molar-refractivity contribution < 1.29 is 24.3 Å². The molecule has 2 aliphatic carbocycles. The van der Waals surface area contributed by atoms with Gasteiger partial charge in [0.1, 0.15) is 5.75 Å². The quantitative estimate of drug-likeness (QED) is 0.170. The van der Waals surface area contributed by atoms with E-state index < -0.39 is 46.8 Å². The van der Waals surface area contributed by atoms with E-state index in [-0.39, 0.29) is 30.4 Å². The molecule has 4 aromatic carbocycles. The second-order valence-corrected chi connectivity index (χ2v) is 14.6. The molecule has 2 aliphatic heterocycles. The number of hydrogen-bond acceptors (Lipinski definition) is 5. The molecule has 4 amide bonds. The Morgan fingerprint density at radius 2 is 1.48 bits per heavy atom. The number of imide groups is 2. The van der Waals surface area contributed by atoms with Crippen molar-refractivity contribution in [2.24, 2.45) is 23.7 Å². The predicted octanol–water partition coefficient (Wildman–Crippen LogP) is 7.83. The molecule has 2 saturated heterocycles. The first kappa shape index (κ1) is 31.1. The van der Waals surface area contributed by atoms with E-state index >= 15 is 4.79 Å². The van der Waals surface area contributed by atoms with Crippen molar-refractivity contribution >= 4 is 74.1 Å². The Balaban J connectivity index is 1.36. The van der Waals surface area contributed by atoms with Gasteiger partial charge in [-0.15, -0.1) is 0 Å². The van der Waals surface area contributed by atoms with Crippen molar-refractivity contribution in [1.29, 1.82) is 0 Å². The third kappa shape index (κ3) is 4.39. The number of phenols is 1. The van der Waals surface area contributed by atoms with Gasteiger partial charge in [0.25, 0.3) is 0 Å². The summed E-state index contributed by atoms with van der Waals surface area (Å²) >= 11 is 16.0. The van der Waals surface area contributed by atoms with Gasteiger partial charge in [-0.25, -0.2) is 4.90 Å². The molecule has 48 heavy (non-hydrogen) atoms. The molecule has 1 N–H and O–H groups in total. The number of fused-ring (bicyclic) bond motifs is 4. The van der Waals surface area contributed by atoms with Gasteiger partial charge in [-0.2, -0.15) is 0 Å². The number of carbonyl (C=O) groups excluding carboxylic acids is 4. The van der Waals surface area contributed by atoms with Crippen molar-refractivity contribution in [3.05, 3.63) is 134 Å². The average molecular weight is 742 g/mol. The molecular formula is C38H27BrCl2N2O5. The molecule has 10 heteroatoms. The van der Waals surface area contributed by atoms with E-state index in [1.54, 1.807) is 66.7 Å². The topological polar surface area (TPSA) is 95.0 Å². The van der Waals surface area contributed by atoms with Crippen LogP contribution in [0, 0.1) is 23.7 Å².